The number of fused-ring (bicyclic) bond motifs is 5. The number of aromatic hydroxyl groups is 1. The van der Waals surface area contributed by atoms with E-state index in [0.717, 1.165) is 11.1 Å². The molecule has 9 nitrogen and oxygen atoms in total. The molecule has 2 heterocycles. The van der Waals surface area contributed by atoms with Gasteiger partial charge in [0.1, 0.15) is 17.0 Å². The van der Waals surface area contributed by atoms with Gasteiger partial charge < -0.3 is 14.3 Å². The van der Waals surface area contributed by atoms with Crippen LogP contribution < -0.4 is 9.64 Å². The van der Waals surface area contributed by atoms with Gasteiger partial charge in [0.25, 0.3) is 0 Å². The molecule has 6 atom stereocenters. The van der Waals surface area contributed by atoms with Crippen LogP contribution in [0.25, 0.3) is 28.1 Å². The second-order valence-electron chi connectivity index (χ2n) is 15.3. The molecule has 0 bridgehead atoms. The number of methoxy groups -OCH3 is 1. The number of para-hydroxylation sites is 2. The van der Waals surface area contributed by atoms with E-state index >= 15 is 9.59 Å². The SMILES string of the molecule is COc1ccc(O)c([C@H]2C3=CC[C@@H]4C(=O)N(c5ccc(-c6nc7ccccc7o6)cc5)C(=O)[C@@H]4[C@@H]3C[C@H]3C(=O)C(c4ccccc4)=CC(=O)[C@@]23c2ccccc2)c1. The van der Waals surface area contributed by atoms with Gasteiger partial charge in [-0.1, -0.05) is 84.4 Å². The van der Waals surface area contributed by atoms with Crippen LogP contribution in [-0.2, 0) is 24.6 Å². The summed E-state index contributed by atoms with van der Waals surface area (Å²) in [7, 11) is 1.53. The predicted octanol–water partition coefficient (Wildman–Crippen LogP) is 8.24. The molecule has 6 aromatic rings. The van der Waals surface area contributed by atoms with Crippen molar-refractivity contribution in [3.8, 4) is 23.0 Å². The third kappa shape index (κ3) is 5.11. The smallest absolute Gasteiger partial charge is 0.238 e. The molecule has 4 aliphatic rings. The number of benzene rings is 5. The molecule has 10 rings (SSSR count). The van der Waals surface area contributed by atoms with Crippen molar-refractivity contribution >= 4 is 45.7 Å². The fraction of sp³-hybridized carbons (Fsp3) is 0.188. The van der Waals surface area contributed by atoms with E-state index in [9.17, 15) is 14.7 Å². The number of phenols is 1. The second-order valence-corrected chi connectivity index (χ2v) is 15.3. The first-order chi connectivity index (χ1) is 27.8. The quantitative estimate of drug-likeness (QED) is 0.133. The average molecular weight is 753 g/mol. The van der Waals surface area contributed by atoms with Crippen molar-refractivity contribution in [3.05, 3.63) is 162 Å². The van der Waals surface area contributed by atoms with Crippen LogP contribution in [0, 0.1) is 23.7 Å². The van der Waals surface area contributed by atoms with E-state index in [1.165, 1.54) is 24.2 Å². The number of aromatic nitrogens is 1. The highest BCUT2D eigenvalue weighted by atomic mass is 16.5. The van der Waals surface area contributed by atoms with Crippen LogP contribution in [0.1, 0.15) is 35.4 Å². The Kier molecular flexibility index (Phi) is 7.97. The molecule has 1 aliphatic heterocycles. The number of carbonyl (C=O) groups excluding carboxylic acids is 4. The molecule has 1 aromatic heterocycles. The van der Waals surface area contributed by atoms with Gasteiger partial charge in [0.05, 0.1) is 30.0 Å². The number of ether oxygens (including phenoxy) is 1. The lowest BCUT2D eigenvalue weighted by atomic mass is 9.44. The van der Waals surface area contributed by atoms with Gasteiger partial charge in [0.2, 0.25) is 17.7 Å². The van der Waals surface area contributed by atoms with E-state index in [2.05, 4.69) is 4.98 Å². The normalized spacial score (nSPS) is 25.4. The number of rotatable bonds is 6. The summed E-state index contributed by atoms with van der Waals surface area (Å²) in [6, 6.07) is 37.8. The predicted molar refractivity (Wildman–Crippen MR) is 213 cm³/mol. The Morgan fingerprint density at radius 3 is 2.25 bits per heavy atom. The molecule has 2 fully saturated rings. The fourth-order valence-corrected chi connectivity index (χ4v) is 10.1. The first-order valence-corrected chi connectivity index (χ1v) is 19.1. The maximum Gasteiger partial charge on any atom is 0.238 e. The minimum absolute atomic E-state index is 0.0638. The van der Waals surface area contributed by atoms with Crippen LogP contribution in [-0.4, -0.2) is 40.6 Å². The number of amides is 2. The Balaban J connectivity index is 1.11. The zero-order valence-electron chi connectivity index (χ0n) is 30.9. The van der Waals surface area contributed by atoms with Gasteiger partial charge in [-0.2, -0.15) is 0 Å². The van der Waals surface area contributed by atoms with Crippen molar-refractivity contribution in [1.82, 2.24) is 4.98 Å². The molecule has 1 N–H and O–H groups in total. The van der Waals surface area contributed by atoms with Gasteiger partial charge in [0.15, 0.2) is 17.1 Å². The van der Waals surface area contributed by atoms with E-state index in [1.807, 2.05) is 91.0 Å². The van der Waals surface area contributed by atoms with E-state index in [4.69, 9.17) is 9.15 Å². The van der Waals surface area contributed by atoms with Gasteiger partial charge in [-0.05, 0) is 90.6 Å². The average Bonchev–Trinajstić information content (AvgIpc) is 3.80. The van der Waals surface area contributed by atoms with Crippen LogP contribution >= 0.6 is 0 Å². The van der Waals surface area contributed by atoms with E-state index in [0.29, 0.717) is 50.7 Å². The number of Topliss-reactive ketones (excluding diaryl/α,β-unsaturated/α-hetero) is 1. The lowest BCUT2D eigenvalue weighted by molar-refractivity contribution is -0.135. The Labute approximate surface area is 327 Å². The van der Waals surface area contributed by atoms with Crippen LogP contribution in [0.15, 0.2) is 150 Å². The summed E-state index contributed by atoms with van der Waals surface area (Å²) in [6.07, 6.45) is 3.86. The summed E-state index contributed by atoms with van der Waals surface area (Å²) in [6.45, 7) is 0. The lowest BCUT2D eigenvalue weighted by Crippen LogP contribution is -2.58. The van der Waals surface area contributed by atoms with Crippen LogP contribution in [0.3, 0.4) is 0 Å². The maximum atomic E-state index is 15.3. The molecule has 5 aromatic carbocycles. The Morgan fingerprint density at radius 1 is 0.789 bits per heavy atom. The number of ketones is 2. The molecule has 1 saturated heterocycles. The number of hydrogen-bond acceptors (Lipinski definition) is 8. The number of anilines is 1. The molecule has 2 amide bonds. The molecule has 0 unspecified atom stereocenters. The fourth-order valence-electron chi connectivity index (χ4n) is 10.1. The molecular weight excluding hydrogens is 717 g/mol. The number of phenolic OH excluding ortho intramolecular Hbond substituents is 1. The summed E-state index contributed by atoms with van der Waals surface area (Å²) in [5, 5.41) is 11.7. The Hall–Kier alpha value is -6.87. The first-order valence-electron chi connectivity index (χ1n) is 19.1. The number of imide groups is 1. The minimum Gasteiger partial charge on any atom is -0.508 e. The second kappa shape index (κ2) is 13.1. The lowest BCUT2D eigenvalue weighted by Gasteiger charge is -2.55. The van der Waals surface area contributed by atoms with Crippen LogP contribution in [0.5, 0.6) is 11.5 Å². The van der Waals surface area contributed by atoms with E-state index < -0.39 is 35.0 Å². The van der Waals surface area contributed by atoms with Crippen LogP contribution in [0.2, 0.25) is 0 Å². The third-order valence-electron chi connectivity index (χ3n) is 12.6. The van der Waals surface area contributed by atoms with E-state index in [1.54, 1.807) is 36.4 Å². The van der Waals surface area contributed by atoms with Crippen molar-refractivity contribution in [2.45, 2.75) is 24.2 Å². The van der Waals surface area contributed by atoms with Crippen molar-refractivity contribution in [2.75, 3.05) is 12.0 Å². The molecule has 57 heavy (non-hydrogen) atoms. The van der Waals surface area contributed by atoms with Gasteiger partial charge in [-0.15, -0.1) is 0 Å². The zero-order chi connectivity index (χ0) is 39.0. The van der Waals surface area contributed by atoms with Crippen molar-refractivity contribution in [3.63, 3.8) is 0 Å². The number of nitrogens with zero attached hydrogens (tertiary/aromatic N) is 2. The highest BCUT2D eigenvalue weighted by Gasteiger charge is 2.66. The molecule has 0 radical (unpaired) electrons. The first kappa shape index (κ1) is 34.6. The number of oxazole rings is 1. The van der Waals surface area contributed by atoms with Crippen LogP contribution in [0.4, 0.5) is 5.69 Å². The highest BCUT2D eigenvalue weighted by molar-refractivity contribution is 6.32. The maximum absolute atomic E-state index is 15.3. The molecule has 280 valence electrons. The van der Waals surface area contributed by atoms with Gasteiger partial charge in [0, 0.05) is 28.5 Å². The molecule has 3 aliphatic carbocycles. The molecule has 1 saturated carbocycles. The minimum atomic E-state index is -1.47. The van der Waals surface area contributed by atoms with Crippen molar-refractivity contribution < 1.29 is 33.4 Å². The zero-order valence-corrected chi connectivity index (χ0v) is 30.9. The monoisotopic (exact) mass is 752 g/mol. The third-order valence-corrected chi connectivity index (χ3v) is 12.6. The summed E-state index contributed by atoms with van der Waals surface area (Å²) in [4.78, 5) is 65.5. The van der Waals surface area contributed by atoms with Gasteiger partial charge in [-0.25, -0.2) is 4.98 Å². The van der Waals surface area contributed by atoms with Gasteiger partial charge in [-0.3, -0.25) is 24.1 Å². The summed E-state index contributed by atoms with van der Waals surface area (Å²) < 4.78 is 11.6. The molecular formula is C48H36N2O7. The molecule has 0 spiro atoms. The number of hydrogen-bond donors (Lipinski definition) is 1. The summed E-state index contributed by atoms with van der Waals surface area (Å²) in [5.74, 6) is -4.19. The Morgan fingerprint density at radius 2 is 1.51 bits per heavy atom. The largest absolute Gasteiger partial charge is 0.508 e. The summed E-state index contributed by atoms with van der Waals surface area (Å²) >= 11 is 0. The highest BCUT2D eigenvalue weighted by Crippen LogP contribution is 2.64. The standard InChI is InChI=1S/C48H36N2O7/c1-56-31-20-23-39(51)36(24-31)43-32-21-22-33-42(47(55)50(46(33)54)30-18-16-28(17-19-30)45-49-38-14-8-9-15-40(38)57-45)35(32)25-37-44(53)34(27-10-4-2-5-11-27)26-41(52)48(37,43)29-12-6-3-7-13-29/h2-21,23-24,26,33,35,37,42-43,51H,22,25H2,1H3/t33-,35+,37-,42-,43+,48-/m0/s1. The van der Waals surface area contributed by atoms with E-state index in [-0.39, 0.29) is 42.0 Å². The number of allylic oxidation sites excluding steroid dienone is 4. The summed E-state index contributed by atoms with van der Waals surface area (Å²) in [5.41, 5.74) is 3.78. The molecule has 9 heteroatoms. The Bertz CT molecular complexity index is 2670. The van der Waals surface area contributed by atoms with Crippen molar-refractivity contribution in [1.29, 1.82) is 0 Å². The number of carbonyl (C=O) groups is 4. The van der Waals surface area contributed by atoms with Gasteiger partial charge >= 0.3 is 0 Å². The van der Waals surface area contributed by atoms with Crippen molar-refractivity contribution in [2.24, 2.45) is 23.7 Å². The topological polar surface area (TPSA) is 127 Å².